The van der Waals surface area contributed by atoms with Gasteiger partial charge in [-0.1, -0.05) is 0 Å². The molecular formula is C9H9BrN2O4-2. The molecule has 0 fully saturated rings. The molecular weight excluding hydrogens is 280 g/mol. The monoisotopic (exact) mass is 288 g/mol. The van der Waals surface area contributed by atoms with Gasteiger partial charge < -0.3 is 19.8 Å². The van der Waals surface area contributed by atoms with E-state index in [1.165, 1.54) is 0 Å². The van der Waals surface area contributed by atoms with Crippen molar-refractivity contribution in [1.82, 2.24) is 9.78 Å². The first-order valence-corrected chi connectivity index (χ1v) is 5.25. The third kappa shape index (κ3) is 2.41. The zero-order chi connectivity index (χ0) is 12.5. The lowest BCUT2D eigenvalue weighted by Crippen LogP contribution is -2.38. The SMILES string of the molecule is Cc1nn([C@H](CC(=O)[O-])C(=O)[O-])c(C)c1Br. The number of carbonyl (C=O) groups is 2. The maximum Gasteiger partial charge on any atom is 0.0967 e. The summed E-state index contributed by atoms with van der Waals surface area (Å²) in [4.78, 5) is 21.3. The topological polar surface area (TPSA) is 98.1 Å². The summed E-state index contributed by atoms with van der Waals surface area (Å²) in [5.41, 5.74) is 1.12. The van der Waals surface area contributed by atoms with Crippen molar-refractivity contribution >= 4 is 27.9 Å². The van der Waals surface area contributed by atoms with Gasteiger partial charge >= 0.3 is 0 Å². The first kappa shape index (κ1) is 12.7. The first-order chi connectivity index (χ1) is 7.34. The van der Waals surface area contributed by atoms with E-state index in [2.05, 4.69) is 21.0 Å². The van der Waals surface area contributed by atoms with Crippen molar-refractivity contribution in [2.45, 2.75) is 26.3 Å². The summed E-state index contributed by atoms with van der Waals surface area (Å²) in [6.45, 7) is 3.31. The Labute approximate surface area is 100 Å². The summed E-state index contributed by atoms with van der Waals surface area (Å²) in [6.07, 6.45) is -0.670. The number of hydrogen-bond donors (Lipinski definition) is 0. The molecule has 0 N–H and O–H groups in total. The second-order valence-electron chi connectivity index (χ2n) is 3.34. The highest BCUT2D eigenvalue weighted by Crippen LogP contribution is 2.23. The maximum absolute atomic E-state index is 10.8. The first-order valence-electron chi connectivity index (χ1n) is 4.46. The molecule has 0 saturated carbocycles. The van der Waals surface area contributed by atoms with Crippen LogP contribution >= 0.6 is 15.9 Å². The summed E-state index contributed by atoms with van der Waals surface area (Å²) in [7, 11) is 0. The zero-order valence-electron chi connectivity index (χ0n) is 8.69. The average molecular weight is 289 g/mol. The Balaban J connectivity index is 3.16. The molecule has 16 heavy (non-hydrogen) atoms. The van der Waals surface area contributed by atoms with Gasteiger partial charge in [0.15, 0.2) is 0 Å². The van der Waals surface area contributed by atoms with Crippen LogP contribution in [-0.2, 0) is 9.59 Å². The molecule has 0 saturated heterocycles. The molecule has 88 valence electrons. The van der Waals surface area contributed by atoms with E-state index in [9.17, 15) is 19.8 Å². The van der Waals surface area contributed by atoms with E-state index >= 15 is 0 Å². The molecule has 1 aromatic heterocycles. The number of carboxylic acids is 2. The second-order valence-corrected chi connectivity index (χ2v) is 4.13. The summed E-state index contributed by atoms with van der Waals surface area (Å²) in [5, 5.41) is 25.2. The Hall–Kier alpha value is -1.37. The van der Waals surface area contributed by atoms with Gasteiger partial charge in [0, 0.05) is 12.4 Å². The van der Waals surface area contributed by atoms with Crippen LogP contribution in [0.4, 0.5) is 0 Å². The van der Waals surface area contributed by atoms with Gasteiger partial charge in [-0.15, -0.1) is 0 Å². The van der Waals surface area contributed by atoms with Crippen molar-refractivity contribution in [3.8, 4) is 0 Å². The molecule has 1 aromatic rings. The molecule has 0 aliphatic carbocycles. The molecule has 0 unspecified atom stereocenters. The number of aryl methyl sites for hydroxylation is 1. The number of nitrogens with zero attached hydrogens (tertiary/aromatic N) is 2. The van der Waals surface area contributed by atoms with E-state index in [0.29, 0.717) is 15.9 Å². The van der Waals surface area contributed by atoms with Crippen molar-refractivity contribution < 1.29 is 19.8 Å². The van der Waals surface area contributed by atoms with Crippen molar-refractivity contribution in [2.24, 2.45) is 0 Å². The third-order valence-electron chi connectivity index (χ3n) is 2.16. The molecule has 6 nitrogen and oxygen atoms in total. The largest absolute Gasteiger partial charge is 0.550 e. The fraction of sp³-hybridized carbons (Fsp3) is 0.444. The average Bonchev–Trinajstić information content (AvgIpc) is 2.42. The Bertz CT molecular complexity index is 441. The molecule has 0 aromatic carbocycles. The van der Waals surface area contributed by atoms with Crippen LogP contribution in [0.2, 0.25) is 0 Å². The van der Waals surface area contributed by atoms with Crippen LogP contribution in [0.1, 0.15) is 23.9 Å². The normalized spacial score (nSPS) is 12.4. The molecule has 0 bridgehead atoms. The number of aliphatic carboxylic acids is 2. The van der Waals surface area contributed by atoms with Crippen LogP contribution in [-0.4, -0.2) is 21.7 Å². The lowest BCUT2D eigenvalue weighted by molar-refractivity contribution is -0.319. The van der Waals surface area contributed by atoms with E-state index in [4.69, 9.17) is 0 Å². The number of carbonyl (C=O) groups excluding carboxylic acids is 2. The molecule has 0 radical (unpaired) electrons. The Morgan fingerprint density at radius 3 is 2.31 bits per heavy atom. The summed E-state index contributed by atoms with van der Waals surface area (Å²) in [5.74, 6) is -2.96. The van der Waals surface area contributed by atoms with E-state index in [-0.39, 0.29) is 0 Å². The van der Waals surface area contributed by atoms with Gasteiger partial charge in [0.2, 0.25) is 0 Å². The lowest BCUT2D eigenvalue weighted by Gasteiger charge is -2.20. The maximum atomic E-state index is 10.8. The molecule has 0 spiro atoms. The molecule has 1 rings (SSSR count). The Kier molecular flexibility index (Phi) is 3.69. The molecule has 0 amide bonds. The van der Waals surface area contributed by atoms with Gasteiger partial charge in [0.1, 0.15) is 0 Å². The second kappa shape index (κ2) is 4.65. The fourth-order valence-electron chi connectivity index (χ4n) is 1.37. The van der Waals surface area contributed by atoms with E-state index in [1.54, 1.807) is 13.8 Å². The number of rotatable bonds is 4. The number of aromatic nitrogens is 2. The Morgan fingerprint density at radius 1 is 1.44 bits per heavy atom. The van der Waals surface area contributed by atoms with Crippen LogP contribution in [0.3, 0.4) is 0 Å². The number of halogens is 1. The quantitative estimate of drug-likeness (QED) is 0.685. The highest BCUT2D eigenvalue weighted by Gasteiger charge is 2.18. The molecule has 1 heterocycles. The number of carboxylic acid groups (broad SMARTS) is 2. The minimum absolute atomic E-state index is 0.535. The molecule has 0 aliphatic heterocycles. The van der Waals surface area contributed by atoms with Crippen LogP contribution in [0.15, 0.2) is 4.47 Å². The van der Waals surface area contributed by atoms with Gasteiger partial charge in [-0.25, -0.2) is 0 Å². The van der Waals surface area contributed by atoms with E-state index in [0.717, 1.165) is 4.68 Å². The summed E-state index contributed by atoms with van der Waals surface area (Å²) < 4.78 is 1.77. The van der Waals surface area contributed by atoms with Gasteiger partial charge in [0.25, 0.3) is 0 Å². The minimum atomic E-state index is -1.50. The Morgan fingerprint density at radius 2 is 2.00 bits per heavy atom. The molecule has 0 aliphatic rings. The third-order valence-corrected chi connectivity index (χ3v) is 3.31. The minimum Gasteiger partial charge on any atom is -0.550 e. The van der Waals surface area contributed by atoms with Gasteiger partial charge in [-0.2, -0.15) is 5.10 Å². The fourth-order valence-corrected chi connectivity index (χ4v) is 1.63. The van der Waals surface area contributed by atoms with E-state index < -0.39 is 24.4 Å². The predicted octanol–water partition coefficient (Wildman–Crippen LogP) is -1.31. The zero-order valence-corrected chi connectivity index (χ0v) is 10.3. The molecule has 1 atom stereocenters. The smallest absolute Gasteiger partial charge is 0.0967 e. The summed E-state index contributed by atoms with van der Waals surface area (Å²) >= 11 is 3.22. The van der Waals surface area contributed by atoms with Crippen molar-refractivity contribution in [3.05, 3.63) is 15.9 Å². The van der Waals surface area contributed by atoms with Crippen LogP contribution in [0.5, 0.6) is 0 Å². The highest BCUT2D eigenvalue weighted by atomic mass is 79.9. The van der Waals surface area contributed by atoms with Gasteiger partial charge in [0.05, 0.1) is 27.9 Å². The standard InChI is InChI=1S/C9H11BrN2O4/c1-4-8(10)5(2)12(11-4)6(9(15)16)3-7(13)14/h6H,3H2,1-2H3,(H,13,14)(H,15,16)/p-2/t6-/m1/s1. The van der Waals surface area contributed by atoms with Crippen molar-refractivity contribution in [3.63, 3.8) is 0 Å². The molecule has 7 heteroatoms. The highest BCUT2D eigenvalue weighted by molar-refractivity contribution is 9.10. The van der Waals surface area contributed by atoms with E-state index in [1.807, 2.05) is 0 Å². The summed E-state index contributed by atoms with van der Waals surface area (Å²) in [6, 6.07) is -1.35. The van der Waals surface area contributed by atoms with Crippen LogP contribution < -0.4 is 10.2 Å². The van der Waals surface area contributed by atoms with Gasteiger partial charge in [-0.05, 0) is 29.8 Å². The number of hydrogen-bond acceptors (Lipinski definition) is 5. The van der Waals surface area contributed by atoms with Crippen molar-refractivity contribution in [2.75, 3.05) is 0 Å². The lowest BCUT2D eigenvalue weighted by atomic mass is 10.2. The van der Waals surface area contributed by atoms with Crippen molar-refractivity contribution in [1.29, 1.82) is 0 Å². The van der Waals surface area contributed by atoms with Gasteiger partial charge in [-0.3, -0.25) is 4.68 Å². The van der Waals surface area contributed by atoms with Crippen LogP contribution in [0.25, 0.3) is 0 Å². The predicted molar refractivity (Wildman–Crippen MR) is 53.1 cm³/mol. The van der Waals surface area contributed by atoms with Crippen LogP contribution in [0, 0.1) is 13.8 Å².